The second-order valence-corrected chi connectivity index (χ2v) is 13.1. The van der Waals surface area contributed by atoms with Crippen molar-refractivity contribution < 1.29 is 43.1 Å². The van der Waals surface area contributed by atoms with Gasteiger partial charge in [0.1, 0.15) is 34.7 Å². The lowest BCUT2D eigenvalue weighted by molar-refractivity contribution is -0.0999. The SMILES string of the molecule is CCCCOCCN(C(=O)OC(C)(C)C)C1=N[C@H]([C@@H](OCc2ccc(OC)cc2)[C@@H](C)OCc2ccc(OC)cc2)[C@H](OCCO)S1. The first-order valence-electron chi connectivity index (χ1n) is 16.1. The summed E-state index contributed by atoms with van der Waals surface area (Å²) in [5.74, 6) is 1.52. The summed E-state index contributed by atoms with van der Waals surface area (Å²) in [4.78, 5) is 20.0. The first-order chi connectivity index (χ1) is 22.6. The Morgan fingerprint density at radius 2 is 1.53 bits per heavy atom. The molecule has 12 heteroatoms. The van der Waals surface area contributed by atoms with Gasteiger partial charge >= 0.3 is 6.09 Å². The average Bonchev–Trinajstić information content (AvgIpc) is 3.47. The number of benzene rings is 2. The Morgan fingerprint density at radius 3 is 2.06 bits per heavy atom. The molecular weight excluding hydrogens is 624 g/mol. The molecule has 0 unspecified atom stereocenters. The van der Waals surface area contributed by atoms with Gasteiger partial charge < -0.3 is 38.3 Å². The van der Waals surface area contributed by atoms with Crippen molar-refractivity contribution in [2.75, 3.05) is 47.2 Å². The van der Waals surface area contributed by atoms with Gasteiger partial charge in [-0.15, -0.1) is 0 Å². The highest BCUT2D eigenvalue weighted by Gasteiger charge is 2.43. The normalized spacial score (nSPS) is 17.6. The Kier molecular flexibility index (Phi) is 16.3. The molecule has 0 radical (unpaired) electrons. The van der Waals surface area contributed by atoms with Crippen LogP contribution in [-0.4, -0.2) is 97.7 Å². The standard InChI is InChI=1S/C35H52N2O9S/c1-8-9-20-42-21-18-37(34(39)46-35(3,4)5)33-36-30(32(47-33)43-22-19-38)31(45-24-27-12-16-29(41-7)17-13-27)25(2)44-23-26-10-14-28(40-6)15-11-26/h10-17,25,30-32,38H,8-9,18-24H2,1-7H3/t25-,30-,31+,32-/m1/s1. The fourth-order valence-electron chi connectivity index (χ4n) is 4.61. The number of methoxy groups -OCH3 is 2. The summed E-state index contributed by atoms with van der Waals surface area (Å²) >= 11 is 1.30. The topological polar surface area (TPSA) is 118 Å². The number of hydrogen-bond donors (Lipinski definition) is 1. The van der Waals surface area contributed by atoms with E-state index in [0.29, 0.717) is 25.0 Å². The molecular formula is C35H52N2O9S. The van der Waals surface area contributed by atoms with Crippen LogP contribution >= 0.6 is 11.8 Å². The van der Waals surface area contributed by atoms with E-state index in [1.54, 1.807) is 14.2 Å². The highest BCUT2D eigenvalue weighted by atomic mass is 32.2. The van der Waals surface area contributed by atoms with Gasteiger partial charge in [0.2, 0.25) is 0 Å². The summed E-state index contributed by atoms with van der Waals surface area (Å²) in [5, 5.41) is 10.1. The van der Waals surface area contributed by atoms with Crippen molar-refractivity contribution in [3.63, 3.8) is 0 Å². The molecule has 2 aromatic carbocycles. The van der Waals surface area contributed by atoms with Crippen LogP contribution in [0.2, 0.25) is 0 Å². The Morgan fingerprint density at radius 1 is 0.936 bits per heavy atom. The molecule has 1 amide bonds. The van der Waals surface area contributed by atoms with Crippen molar-refractivity contribution in [2.24, 2.45) is 4.99 Å². The Balaban J connectivity index is 1.90. The molecule has 4 atom stereocenters. The van der Waals surface area contributed by atoms with Crippen LogP contribution in [-0.2, 0) is 36.9 Å². The van der Waals surface area contributed by atoms with E-state index in [-0.39, 0.29) is 26.4 Å². The van der Waals surface area contributed by atoms with E-state index in [4.69, 9.17) is 38.2 Å². The number of aliphatic hydroxyl groups is 1. The molecule has 0 fully saturated rings. The number of aliphatic imine (C=N–C) groups is 1. The second kappa shape index (κ2) is 19.8. The van der Waals surface area contributed by atoms with Crippen molar-refractivity contribution in [1.82, 2.24) is 4.90 Å². The van der Waals surface area contributed by atoms with Gasteiger partial charge in [0.25, 0.3) is 0 Å². The molecule has 2 aromatic rings. The van der Waals surface area contributed by atoms with E-state index in [0.717, 1.165) is 35.5 Å². The van der Waals surface area contributed by atoms with Gasteiger partial charge in [-0.05, 0) is 69.5 Å². The molecule has 47 heavy (non-hydrogen) atoms. The fourth-order valence-corrected chi connectivity index (χ4v) is 5.81. The number of hydrogen-bond acceptors (Lipinski definition) is 11. The van der Waals surface area contributed by atoms with Crippen molar-refractivity contribution in [3.05, 3.63) is 59.7 Å². The molecule has 0 aliphatic carbocycles. The zero-order valence-corrected chi connectivity index (χ0v) is 29.6. The van der Waals surface area contributed by atoms with Gasteiger partial charge in [-0.3, -0.25) is 9.89 Å². The summed E-state index contributed by atoms with van der Waals surface area (Å²) in [5.41, 5.74) is 0.655. The van der Waals surface area contributed by atoms with Crippen LogP contribution < -0.4 is 9.47 Å². The highest BCUT2D eigenvalue weighted by molar-refractivity contribution is 8.14. The number of rotatable bonds is 19. The van der Waals surface area contributed by atoms with Crippen molar-refractivity contribution in [1.29, 1.82) is 0 Å². The van der Waals surface area contributed by atoms with Gasteiger partial charge in [0.15, 0.2) is 5.17 Å². The summed E-state index contributed by atoms with van der Waals surface area (Å²) in [6.45, 7) is 11.2. The predicted octanol–water partition coefficient (Wildman–Crippen LogP) is 6.05. The third-order valence-corrected chi connectivity index (χ3v) is 8.34. The lowest BCUT2D eigenvalue weighted by atomic mass is 10.1. The Bertz CT molecular complexity index is 1220. The summed E-state index contributed by atoms with van der Waals surface area (Å²) in [6.07, 6.45) is 0.412. The molecule has 1 N–H and O–H groups in total. The van der Waals surface area contributed by atoms with Crippen LogP contribution in [0.15, 0.2) is 53.5 Å². The molecule has 0 saturated carbocycles. The van der Waals surface area contributed by atoms with Crippen molar-refractivity contribution in [2.45, 2.75) is 90.0 Å². The first kappa shape index (κ1) is 38.6. The molecule has 1 aliphatic rings. The van der Waals surface area contributed by atoms with Gasteiger partial charge in [-0.1, -0.05) is 49.4 Å². The van der Waals surface area contributed by atoms with E-state index in [2.05, 4.69) is 6.92 Å². The quantitative estimate of drug-likeness (QED) is 0.176. The van der Waals surface area contributed by atoms with E-state index in [1.807, 2.05) is 76.2 Å². The predicted molar refractivity (Wildman–Crippen MR) is 183 cm³/mol. The largest absolute Gasteiger partial charge is 0.497 e. The molecule has 11 nitrogen and oxygen atoms in total. The van der Waals surface area contributed by atoms with Crippen LogP contribution in [0.25, 0.3) is 0 Å². The maximum absolute atomic E-state index is 13.5. The molecule has 262 valence electrons. The number of amides is 1. The number of amidine groups is 1. The molecule has 0 bridgehead atoms. The zero-order chi connectivity index (χ0) is 34.2. The first-order valence-corrected chi connectivity index (χ1v) is 17.0. The number of ether oxygens (including phenoxy) is 7. The number of carbonyl (C=O) groups excluding carboxylic acids is 1. The Labute approximate surface area is 283 Å². The highest BCUT2D eigenvalue weighted by Crippen LogP contribution is 2.35. The number of thioether (sulfide) groups is 1. The average molecular weight is 677 g/mol. The number of carbonyl (C=O) groups is 1. The van der Waals surface area contributed by atoms with E-state index < -0.39 is 35.4 Å². The van der Waals surface area contributed by atoms with Gasteiger partial charge in [-0.2, -0.15) is 0 Å². The van der Waals surface area contributed by atoms with Gasteiger partial charge in [0, 0.05) is 6.61 Å². The maximum atomic E-state index is 13.5. The summed E-state index contributed by atoms with van der Waals surface area (Å²) in [6, 6.07) is 14.8. The molecule has 1 heterocycles. The summed E-state index contributed by atoms with van der Waals surface area (Å²) < 4.78 is 41.2. The molecule has 1 aliphatic heterocycles. The van der Waals surface area contributed by atoms with Crippen LogP contribution in [0.4, 0.5) is 4.79 Å². The zero-order valence-electron chi connectivity index (χ0n) is 28.8. The Hall–Kier alpha value is -2.87. The van der Waals surface area contributed by atoms with Gasteiger partial charge in [0.05, 0.1) is 59.9 Å². The second-order valence-electron chi connectivity index (χ2n) is 12.1. The molecule has 0 saturated heterocycles. The molecule has 0 aromatic heterocycles. The van der Waals surface area contributed by atoms with E-state index in [1.165, 1.54) is 16.7 Å². The minimum absolute atomic E-state index is 0.0931. The molecule has 0 spiro atoms. The third kappa shape index (κ3) is 12.9. The van der Waals surface area contributed by atoms with Crippen molar-refractivity contribution >= 4 is 23.0 Å². The van der Waals surface area contributed by atoms with Crippen molar-refractivity contribution in [3.8, 4) is 11.5 Å². The van der Waals surface area contributed by atoms with Crippen LogP contribution in [0.1, 0.15) is 58.6 Å². The monoisotopic (exact) mass is 676 g/mol. The number of aliphatic hydroxyl groups excluding tert-OH is 1. The number of nitrogens with zero attached hydrogens (tertiary/aromatic N) is 2. The van der Waals surface area contributed by atoms with Crippen LogP contribution in [0, 0.1) is 0 Å². The minimum Gasteiger partial charge on any atom is -0.497 e. The van der Waals surface area contributed by atoms with Crippen LogP contribution in [0.3, 0.4) is 0 Å². The fraction of sp³-hybridized carbons (Fsp3) is 0.600. The number of unbranched alkanes of at least 4 members (excludes halogenated alkanes) is 1. The minimum atomic E-state index is -0.706. The summed E-state index contributed by atoms with van der Waals surface area (Å²) in [7, 11) is 3.26. The molecule has 3 rings (SSSR count). The smallest absolute Gasteiger partial charge is 0.416 e. The van der Waals surface area contributed by atoms with Crippen LogP contribution in [0.5, 0.6) is 11.5 Å². The third-order valence-electron chi connectivity index (χ3n) is 7.15. The van der Waals surface area contributed by atoms with E-state index >= 15 is 0 Å². The van der Waals surface area contributed by atoms with Gasteiger partial charge in [-0.25, -0.2) is 4.79 Å². The lowest BCUT2D eigenvalue weighted by Crippen LogP contribution is -2.43. The van der Waals surface area contributed by atoms with E-state index in [9.17, 15) is 9.90 Å². The lowest BCUT2D eigenvalue weighted by Gasteiger charge is -2.31. The maximum Gasteiger partial charge on any atom is 0.416 e.